The minimum absolute atomic E-state index is 0.00269. The highest BCUT2D eigenvalue weighted by molar-refractivity contribution is 5.90. The van der Waals surface area contributed by atoms with Gasteiger partial charge in [0.05, 0.1) is 54.7 Å². The van der Waals surface area contributed by atoms with Crippen molar-refractivity contribution in [3.05, 3.63) is 70.3 Å². The first-order valence-corrected chi connectivity index (χ1v) is 11.1. The number of hydrogen-bond acceptors (Lipinski definition) is 9. The predicted molar refractivity (Wildman–Crippen MR) is 125 cm³/mol. The number of non-ortho nitro benzene ring substituents is 1. The van der Waals surface area contributed by atoms with Gasteiger partial charge in [0.15, 0.2) is 17.5 Å². The Hall–Kier alpha value is -4.69. The van der Waals surface area contributed by atoms with Crippen LogP contribution in [-0.4, -0.2) is 64.5 Å². The van der Waals surface area contributed by atoms with Crippen LogP contribution in [-0.2, 0) is 11.3 Å². The molecule has 1 atom stereocenters. The lowest BCUT2D eigenvalue weighted by molar-refractivity contribution is -0.385. The fraction of sp³-hybridized carbons (Fsp3) is 0.273. The Morgan fingerprint density at radius 1 is 1.11 bits per heavy atom. The molecule has 0 N–H and O–H groups in total. The van der Waals surface area contributed by atoms with Crippen molar-refractivity contribution in [2.45, 2.75) is 12.6 Å². The highest BCUT2D eigenvalue weighted by atomic mass is 19.1. The molecule has 0 spiro atoms. The van der Waals surface area contributed by atoms with Gasteiger partial charge in [-0.1, -0.05) is 5.21 Å². The van der Waals surface area contributed by atoms with E-state index in [1.54, 1.807) is 6.20 Å². The molecule has 3 aromatic rings. The Labute approximate surface area is 207 Å². The van der Waals surface area contributed by atoms with Crippen LogP contribution in [0.15, 0.2) is 47.8 Å². The summed E-state index contributed by atoms with van der Waals surface area (Å²) in [7, 11) is 0. The van der Waals surface area contributed by atoms with Crippen LogP contribution < -0.4 is 14.8 Å². The van der Waals surface area contributed by atoms with Crippen molar-refractivity contribution in [3.8, 4) is 0 Å². The smallest absolute Gasteiger partial charge is 0.414 e. The summed E-state index contributed by atoms with van der Waals surface area (Å²) < 4.78 is 51.5. The van der Waals surface area contributed by atoms with Crippen LogP contribution in [0.2, 0.25) is 0 Å². The minimum atomic E-state index is -0.897. The standard InChI is InChI=1S/C22H19F3N8O4/c23-17-9-14(33(35)36)1-2-20(17)32-8-7-29(5-4-27-32)21-18(24)10-15(11-19(21)25)31-13-16(37-22(31)34)12-30-6-3-26-28-30/h1-4,6,9-11,16H,5,7-8,12-13H2/t16-/m0/s1. The van der Waals surface area contributed by atoms with E-state index in [2.05, 4.69) is 15.4 Å². The number of anilines is 3. The summed E-state index contributed by atoms with van der Waals surface area (Å²) in [5, 5.41) is 23.7. The van der Waals surface area contributed by atoms with Gasteiger partial charge >= 0.3 is 6.09 Å². The van der Waals surface area contributed by atoms with E-state index in [1.165, 1.54) is 33.1 Å². The third-order valence-electron chi connectivity index (χ3n) is 5.89. The molecule has 1 fully saturated rings. The molecule has 0 bridgehead atoms. The summed E-state index contributed by atoms with van der Waals surface area (Å²) in [5.74, 6) is -2.64. The summed E-state index contributed by atoms with van der Waals surface area (Å²) in [6.07, 6.45) is 3.12. The van der Waals surface area contributed by atoms with Crippen molar-refractivity contribution in [1.82, 2.24) is 15.0 Å². The number of hydrazone groups is 1. The molecular weight excluding hydrogens is 497 g/mol. The molecule has 192 valence electrons. The zero-order valence-electron chi connectivity index (χ0n) is 19.1. The van der Waals surface area contributed by atoms with E-state index < -0.39 is 40.3 Å². The summed E-state index contributed by atoms with van der Waals surface area (Å²) in [4.78, 5) is 25.0. The molecule has 3 heterocycles. The number of cyclic esters (lactones) is 1. The van der Waals surface area contributed by atoms with E-state index in [-0.39, 0.29) is 49.8 Å². The number of carbonyl (C=O) groups excluding carboxylic acids is 1. The number of rotatable bonds is 6. The summed E-state index contributed by atoms with van der Waals surface area (Å²) >= 11 is 0. The van der Waals surface area contributed by atoms with Crippen molar-refractivity contribution in [3.63, 3.8) is 0 Å². The van der Waals surface area contributed by atoms with Gasteiger partial charge in [0.1, 0.15) is 11.8 Å². The maximum Gasteiger partial charge on any atom is 0.414 e. The van der Waals surface area contributed by atoms with Crippen LogP contribution in [0, 0.1) is 27.6 Å². The number of nitrogens with zero attached hydrogens (tertiary/aromatic N) is 8. The maximum absolute atomic E-state index is 15.2. The van der Waals surface area contributed by atoms with Crippen molar-refractivity contribution in [2.24, 2.45) is 5.10 Å². The second-order valence-corrected chi connectivity index (χ2v) is 8.26. The molecule has 0 saturated carbocycles. The Kier molecular flexibility index (Phi) is 6.33. The molecular formula is C22H19F3N8O4. The molecule has 12 nitrogen and oxygen atoms in total. The minimum Gasteiger partial charge on any atom is -0.442 e. The van der Waals surface area contributed by atoms with E-state index >= 15 is 8.78 Å². The summed E-state index contributed by atoms with van der Waals surface area (Å²) in [6.45, 7) is 0.445. The van der Waals surface area contributed by atoms with Crippen LogP contribution in [0.4, 0.5) is 40.7 Å². The molecule has 15 heteroatoms. The number of ether oxygens (including phenoxy) is 1. The number of halogens is 3. The lowest BCUT2D eigenvalue weighted by Gasteiger charge is -2.25. The molecule has 1 aromatic heterocycles. The van der Waals surface area contributed by atoms with Crippen molar-refractivity contribution in [2.75, 3.05) is 41.0 Å². The molecule has 2 aliphatic rings. The molecule has 0 unspecified atom stereocenters. The second-order valence-electron chi connectivity index (χ2n) is 8.26. The van der Waals surface area contributed by atoms with Gasteiger partial charge in [-0.25, -0.2) is 22.6 Å². The van der Waals surface area contributed by atoms with E-state index in [4.69, 9.17) is 4.74 Å². The molecule has 0 radical (unpaired) electrons. The number of nitro groups is 1. The fourth-order valence-electron chi connectivity index (χ4n) is 4.18. The van der Waals surface area contributed by atoms with Gasteiger partial charge in [-0.05, 0) is 6.07 Å². The second kappa shape index (κ2) is 9.75. The van der Waals surface area contributed by atoms with Gasteiger partial charge in [0, 0.05) is 37.2 Å². The zero-order valence-corrected chi connectivity index (χ0v) is 19.1. The average Bonchev–Trinajstić information content (AvgIpc) is 3.42. The number of benzene rings is 2. The van der Waals surface area contributed by atoms with Crippen molar-refractivity contribution >= 4 is 35.1 Å². The van der Waals surface area contributed by atoms with Crippen LogP contribution in [0.3, 0.4) is 0 Å². The lowest BCUT2D eigenvalue weighted by atomic mass is 10.2. The quantitative estimate of drug-likeness (QED) is 0.362. The summed E-state index contributed by atoms with van der Waals surface area (Å²) in [6, 6.07) is 5.25. The van der Waals surface area contributed by atoms with Crippen LogP contribution in [0.5, 0.6) is 0 Å². The molecule has 5 rings (SSSR count). The Morgan fingerprint density at radius 3 is 2.57 bits per heavy atom. The zero-order chi connectivity index (χ0) is 26.1. The van der Waals surface area contributed by atoms with Crippen LogP contribution in [0.1, 0.15) is 0 Å². The highest BCUT2D eigenvalue weighted by Gasteiger charge is 2.34. The van der Waals surface area contributed by atoms with Gasteiger partial charge in [-0.15, -0.1) is 5.10 Å². The summed E-state index contributed by atoms with van der Waals surface area (Å²) in [5.41, 5.74) is -0.735. The van der Waals surface area contributed by atoms with E-state index in [0.29, 0.717) is 0 Å². The monoisotopic (exact) mass is 516 g/mol. The number of aromatic nitrogens is 3. The Balaban J connectivity index is 1.30. The SMILES string of the molecule is O=C1O[C@@H](Cn2ccnn2)CN1c1cc(F)c(N2CC=NN(c3ccc([N+](=O)[O-])cc3F)CC2)c(F)c1. The predicted octanol–water partition coefficient (Wildman–Crippen LogP) is 2.94. The third-order valence-corrected chi connectivity index (χ3v) is 5.89. The van der Waals surface area contributed by atoms with Gasteiger partial charge in [-0.3, -0.25) is 20.0 Å². The van der Waals surface area contributed by atoms with Crippen LogP contribution in [0.25, 0.3) is 0 Å². The van der Waals surface area contributed by atoms with Gasteiger partial charge < -0.3 is 9.64 Å². The average molecular weight is 516 g/mol. The third kappa shape index (κ3) is 4.87. The molecule has 0 aliphatic carbocycles. The maximum atomic E-state index is 15.2. The number of hydrogen-bond donors (Lipinski definition) is 0. The van der Waals surface area contributed by atoms with Crippen LogP contribution >= 0.6 is 0 Å². The lowest BCUT2D eigenvalue weighted by Crippen LogP contribution is -2.32. The van der Waals surface area contributed by atoms with Gasteiger partial charge in [0.2, 0.25) is 0 Å². The van der Waals surface area contributed by atoms with Crippen molar-refractivity contribution < 1.29 is 27.6 Å². The van der Waals surface area contributed by atoms with E-state index in [9.17, 15) is 19.3 Å². The fourth-order valence-corrected chi connectivity index (χ4v) is 4.18. The normalized spacial score (nSPS) is 17.8. The number of nitro benzene ring substituents is 1. The van der Waals surface area contributed by atoms with Gasteiger partial charge in [-0.2, -0.15) is 5.10 Å². The first-order valence-electron chi connectivity index (χ1n) is 11.1. The topological polar surface area (TPSA) is 122 Å². The number of amides is 1. The van der Waals surface area contributed by atoms with Gasteiger partial charge in [0.25, 0.3) is 5.69 Å². The van der Waals surface area contributed by atoms with Crippen molar-refractivity contribution in [1.29, 1.82) is 0 Å². The van der Waals surface area contributed by atoms with E-state index in [0.717, 1.165) is 29.2 Å². The molecule has 2 aliphatic heterocycles. The first-order chi connectivity index (χ1) is 17.8. The number of carbonyl (C=O) groups is 1. The van der Waals surface area contributed by atoms with E-state index in [1.807, 2.05) is 0 Å². The molecule has 1 amide bonds. The first kappa shape index (κ1) is 24.0. The molecule has 1 saturated heterocycles. The highest BCUT2D eigenvalue weighted by Crippen LogP contribution is 2.32. The molecule has 37 heavy (non-hydrogen) atoms. The Bertz CT molecular complexity index is 1350. The Morgan fingerprint density at radius 2 is 1.89 bits per heavy atom. The molecule has 2 aromatic carbocycles. The largest absolute Gasteiger partial charge is 0.442 e.